The summed E-state index contributed by atoms with van der Waals surface area (Å²) in [5, 5.41) is 6.09. The lowest BCUT2D eigenvalue weighted by atomic mass is 9.90. The molecule has 0 bridgehead atoms. The van der Waals surface area contributed by atoms with E-state index in [1.54, 1.807) is 0 Å². The number of hydrogen-bond donors (Lipinski definition) is 3. The van der Waals surface area contributed by atoms with Crippen LogP contribution in [0.1, 0.15) is 44.9 Å². The Bertz CT molecular complexity index is 269. The standard InChI is InChI=1S/C13H25N3O2/c14-10-13(6-3-1-2-4-7-13)16-12(17)15-11-5-8-18-9-11/h11H,1-10,14H2,(H2,15,16,17). The van der Waals surface area contributed by atoms with E-state index in [0.717, 1.165) is 38.7 Å². The number of nitrogens with one attached hydrogen (secondary N) is 2. The summed E-state index contributed by atoms with van der Waals surface area (Å²) in [6, 6.07) is 0.0726. The minimum atomic E-state index is -0.194. The molecule has 2 aliphatic rings. The van der Waals surface area contributed by atoms with Gasteiger partial charge in [0, 0.05) is 13.2 Å². The van der Waals surface area contributed by atoms with Crippen molar-refractivity contribution in [1.29, 1.82) is 0 Å². The zero-order valence-corrected chi connectivity index (χ0v) is 11.0. The van der Waals surface area contributed by atoms with Crippen molar-refractivity contribution in [2.45, 2.75) is 56.5 Å². The molecule has 104 valence electrons. The summed E-state index contributed by atoms with van der Waals surface area (Å²) in [6.07, 6.45) is 7.72. The van der Waals surface area contributed by atoms with Crippen LogP contribution in [0.2, 0.25) is 0 Å². The van der Waals surface area contributed by atoms with E-state index in [4.69, 9.17) is 10.5 Å². The molecule has 1 aliphatic heterocycles. The lowest BCUT2D eigenvalue weighted by Crippen LogP contribution is -2.57. The minimum Gasteiger partial charge on any atom is -0.379 e. The Balaban J connectivity index is 1.85. The van der Waals surface area contributed by atoms with E-state index in [1.165, 1.54) is 12.8 Å². The molecule has 1 heterocycles. The fourth-order valence-electron chi connectivity index (χ4n) is 2.90. The van der Waals surface area contributed by atoms with Gasteiger partial charge in [0.1, 0.15) is 0 Å². The second-order valence-corrected chi connectivity index (χ2v) is 5.56. The summed E-state index contributed by atoms with van der Waals surface area (Å²) in [5.74, 6) is 0. The van der Waals surface area contributed by atoms with Gasteiger partial charge in [-0.1, -0.05) is 25.7 Å². The number of urea groups is 1. The fourth-order valence-corrected chi connectivity index (χ4v) is 2.90. The number of nitrogens with two attached hydrogens (primary N) is 1. The van der Waals surface area contributed by atoms with Gasteiger partial charge in [-0.15, -0.1) is 0 Å². The van der Waals surface area contributed by atoms with Crippen LogP contribution >= 0.6 is 0 Å². The van der Waals surface area contributed by atoms with Crippen molar-refractivity contribution in [3.8, 4) is 0 Å². The molecule has 5 nitrogen and oxygen atoms in total. The monoisotopic (exact) mass is 255 g/mol. The van der Waals surface area contributed by atoms with Crippen molar-refractivity contribution in [3.05, 3.63) is 0 Å². The van der Waals surface area contributed by atoms with Gasteiger partial charge in [0.2, 0.25) is 0 Å². The van der Waals surface area contributed by atoms with Crippen molar-refractivity contribution in [1.82, 2.24) is 10.6 Å². The van der Waals surface area contributed by atoms with Crippen molar-refractivity contribution >= 4 is 6.03 Å². The zero-order valence-electron chi connectivity index (χ0n) is 11.0. The van der Waals surface area contributed by atoms with E-state index < -0.39 is 0 Å². The van der Waals surface area contributed by atoms with Crippen LogP contribution in [0.5, 0.6) is 0 Å². The third kappa shape index (κ3) is 3.59. The van der Waals surface area contributed by atoms with Crippen molar-refractivity contribution in [2.75, 3.05) is 19.8 Å². The second-order valence-electron chi connectivity index (χ2n) is 5.56. The van der Waals surface area contributed by atoms with E-state index in [0.29, 0.717) is 13.2 Å². The number of carbonyl (C=O) groups excluding carboxylic acids is 1. The third-order valence-electron chi connectivity index (χ3n) is 4.09. The molecule has 1 saturated carbocycles. The van der Waals surface area contributed by atoms with Crippen LogP contribution in [-0.4, -0.2) is 37.4 Å². The normalized spacial score (nSPS) is 27.5. The maximum Gasteiger partial charge on any atom is 0.315 e. The zero-order chi connectivity index (χ0) is 12.8. The van der Waals surface area contributed by atoms with Gasteiger partial charge in [-0.2, -0.15) is 0 Å². The Morgan fingerprint density at radius 3 is 2.56 bits per heavy atom. The molecular formula is C13H25N3O2. The molecule has 0 radical (unpaired) electrons. The highest BCUT2D eigenvalue weighted by atomic mass is 16.5. The minimum absolute atomic E-state index is 0.0853. The highest BCUT2D eigenvalue weighted by molar-refractivity contribution is 5.75. The van der Waals surface area contributed by atoms with E-state index in [9.17, 15) is 4.79 Å². The van der Waals surface area contributed by atoms with Gasteiger partial charge in [0.25, 0.3) is 0 Å². The van der Waals surface area contributed by atoms with Gasteiger partial charge < -0.3 is 21.1 Å². The first-order valence-corrected chi connectivity index (χ1v) is 7.11. The van der Waals surface area contributed by atoms with Gasteiger partial charge >= 0.3 is 6.03 Å². The summed E-state index contributed by atoms with van der Waals surface area (Å²) in [5.41, 5.74) is 5.70. The Kier molecular flexibility index (Phi) is 4.83. The van der Waals surface area contributed by atoms with Crippen LogP contribution in [-0.2, 0) is 4.74 Å². The lowest BCUT2D eigenvalue weighted by molar-refractivity contribution is 0.185. The molecule has 5 heteroatoms. The summed E-state index contributed by atoms with van der Waals surface area (Å²) in [7, 11) is 0. The summed E-state index contributed by atoms with van der Waals surface area (Å²) < 4.78 is 5.25. The van der Waals surface area contributed by atoms with E-state index >= 15 is 0 Å². The van der Waals surface area contributed by atoms with Gasteiger partial charge in [-0.3, -0.25) is 0 Å². The van der Waals surface area contributed by atoms with Crippen LogP contribution < -0.4 is 16.4 Å². The van der Waals surface area contributed by atoms with Crippen LogP contribution in [0.25, 0.3) is 0 Å². The molecule has 0 aromatic heterocycles. The SMILES string of the molecule is NCC1(NC(=O)NC2CCOC2)CCCCCC1. The first kappa shape index (κ1) is 13.6. The smallest absolute Gasteiger partial charge is 0.315 e. The van der Waals surface area contributed by atoms with Gasteiger partial charge in [-0.05, 0) is 19.3 Å². The number of hydrogen-bond acceptors (Lipinski definition) is 3. The summed E-state index contributed by atoms with van der Waals surface area (Å²) in [6.45, 7) is 1.90. The molecule has 1 atom stereocenters. The van der Waals surface area contributed by atoms with Gasteiger partial charge in [0.15, 0.2) is 0 Å². The fraction of sp³-hybridized carbons (Fsp3) is 0.923. The molecule has 4 N–H and O–H groups in total. The van der Waals surface area contributed by atoms with Crippen LogP contribution in [0.15, 0.2) is 0 Å². The van der Waals surface area contributed by atoms with E-state index in [2.05, 4.69) is 10.6 Å². The maximum atomic E-state index is 12.0. The van der Waals surface area contributed by atoms with E-state index in [1.807, 2.05) is 0 Å². The molecule has 0 spiro atoms. The predicted octanol–water partition coefficient (Wildman–Crippen LogP) is 1.13. The lowest BCUT2D eigenvalue weighted by Gasteiger charge is -2.33. The average Bonchev–Trinajstić information content (AvgIpc) is 2.74. The Morgan fingerprint density at radius 1 is 1.28 bits per heavy atom. The Labute approximate surface area is 109 Å². The highest BCUT2D eigenvalue weighted by Crippen LogP contribution is 2.26. The molecule has 2 amide bonds. The molecule has 0 aromatic rings. The molecule has 0 aromatic carbocycles. The van der Waals surface area contributed by atoms with Crippen molar-refractivity contribution < 1.29 is 9.53 Å². The van der Waals surface area contributed by atoms with Crippen LogP contribution in [0.4, 0.5) is 4.79 Å². The second kappa shape index (κ2) is 6.38. The average molecular weight is 255 g/mol. The molecule has 1 saturated heterocycles. The topological polar surface area (TPSA) is 76.4 Å². The van der Waals surface area contributed by atoms with Gasteiger partial charge in [-0.25, -0.2) is 4.79 Å². The number of amides is 2. The number of ether oxygens (including phenoxy) is 1. The van der Waals surface area contributed by atoms with Crippen LogP contribution in [0, 0.1) is 0 Å². The Hall–Kier alpha value is -0.810. The molecular weight excluding hydrogens is 230 g/mol. The molecule has 2 fully saturated rings. The van der Waals surface area contributed by atoms with Crippen molar-refractivity contribution in [2.24, 2.45) is 5.73 Å². The number of carbonyl (C=O) groups is 1. The highest BCUT2D eigenvalue weighted by Gasteiger charge is 2.31. The number of rotatable bonds is 3. The maximum absolute atomic E-state index is 12.0. The van der Waals surface area contributed by atoms with E-state index in [-0.39, 0.29) is 17.6 Å². The molecule has 18 heavy (non-hydrogen) atoms. The molecule has 1 aliphatic carbocycles. The largest absolute Gasteiger partial charge is 0.379 e. The first-order valence-electron chi connectivity index (χ1n) is 7.11. The van der Waals surface area contributed by atoms with Crippen molar-refractivity contribution in [3.63, 3.8) is 0 Å². The van der Waals surface area contributed by atoms with Gasteiger partial charge in [0.05, 0.1) is 18.2 Å². The molecule has 1 unspecified atom stereocenters. The quantitative estimate of drug-likeness (QED) is 0.662. The Morgan fingerprint density at radius 2 is 2.00 bits per heavy atom. The molecule has 2 rings (SSSR count). The summed E-state index contributed by atoms with van der Waals surface area (Å²) in [4.78, 5) is 12.0. The first-order chi connectivity index (χ1) is 8.74. The predicted molar refractivity (Wildman–Crippen MR) is 70.4 cm³/mol. The third-order valence-corrected chi connectivity index (χ3v) is 4.09. The summed E-state index contributed by atoms with van der Waals surface area (Å²) >= 11 is 0. The van der Waals surface area contributed by atoms with Crippen LogP contribution in [0.3, 0.4) is 0 Å².